The van der Waals surface area contributed by atoms with Crippen molar-refractivity contribution in [2.24, 2.45) is 0 Å². The average Bonchev–Trinajstić information content (AvgIpc) is 2.35. The number of carboxylic acid groups (broad SMARTS) is 1. The minimum absolute atomic E-state index is 0.240. The van der Waals surface area contributed by atoms with Crippen LogP contribution in [0.15, 0.2) is 17.0 Å². The van der Waals surface area contributed by atoms with Gasteiger partial charge in [0.25, 0.3) is 0 Å². The van der Waals surface area contributed by atoms with Gasteiger partial charge in [0.05, 0.1) is 6.61 Å². The molecule has 1 atom stereocenters. The number of carboxylic acids is 1. The first-order valence-electron chi connectivity index (χ1n) is 5.59. The van der Waals surface area contributed by atoms with Gasteiger partial charge in [-0.25, -0.2) is 26.7 Å². The van der Waals surface area contributed by atoms with Gasteiger partial charge in [0, 0.05) is 6.04 Å². The Hall–Kier alpha value is -1.58. The summed E-state index contributed by atoms with van der Waals surface area (Å²) in [7, 11) is -4.40. The van der Waals surface area contributed by atoms with E-state index in [0.29, 0.717) is 12.1 Å². The van der Waals surface area contributed by atoms with Crippen molar-refractivity contribution in [3.63, 3.8) is 0 Å². The van der Waals surface area contributed by atoms with Gasteiger partial charge in [-0.1, -0.05) is 6.92 Å². The van der Waals surface area contributed by atoms with Gasteiger partial charge in [-0.3, -0.25) is 0 Å². The number of carbonyl (C=O) groups is 1. The fourth-order valence-electron chi connectivity index (χ4n) is 1.47. The van der Waals surface area contributed by atoms with Gasteiger partial charge < -0.3 is 10.2 Å². The van der Waals surface area contributed by atoms with Gasteiger partial charge in [-0.05, 0) is 18.6 Å². The lowest BCUT2D eigenvalue weighted by atomic mass is 10.2. The molecule has 0 fully saturated rings. The molecule has 1 aromatic rings. The lowest BCUT2D eigenvalue weighted by Crippen LogP contribution is -2.37. The monoisotopic (exact) mass is 309 g/mol. The van der Waals surface area contributed by atoms with Crippen LogP contribution >= 0.6 is 0 Å². The molecule has 20 heavy (non-hydrogen) atoms. The normalized spacial score (nSPS) is 13.2. The van der Waals surface area contributed by atoms with Crippen LogP contribution < -0.4 is 4.72 Å². The smallest absolute Gasteiger partial charge is 0.341 e. The van der Waals surface area contributed by atoms with E-state index in [9.17, 15) is 22.0 Å². The number of halogens is 2. The van der Waals surface area contributed by atoms with Crippen LogP contribution in [0, 0.1) is 11.6 Å². The molecular weight excluding hydrogens is 296 g/mol. The van der Waals surface area contributed by atoms with Crippen LogP contribution in [0.3, 0.4) is 0 Å². The summed E-state index contributed by atoms with van der Waals surface area (Å²) in [5.74, 6) is -4.97. The maximum Gasteiger partial charge on any atom is 0.341 e. The van der Waals surface area contributed by atoms with Crippen LogP contribution in [0.25, 0.3) is 0 Å². The maximum absolute atomic E-state index is 13.8. The molecule has 112 valence electrons. The molecule has 0 aromatic heterocycles. The Kier molecular flexibility index (Phi) is 5.15. The van der Waals surface area contributed by atoms with E-state index in [0.717, 1.165) is 0 Å². The van der Waals surface area contributed by atoms with Crippen LogP contribution in [-0.4, -0.2) is 37.2 Å². The molecular formula is C11H13F2NO5S. The SMILES string of the molecule is CC[C@@H](CO)NS(=O)(=O)c1ccc(F)c(C(=O)O)c1F. The Bertz CT molecular complexity index is 613. The van der Waals surface area contributed by atoms with E-state index in [-0.39, 0.29) is 6.42 Å². The minimum atomic E-state index is -4.40. The van der Waals surface area contributed by atoms with Crippen LogP contribution in [-0.2, 0) is 10.0 Å². The molecule has 0 amide bonds. The Morgan fingerprint density at radius 1 is 1.40 bits per heavy atom. The molecule has 3 N–H and O–H groups in total. The lowest BCUT2D eigenvalue weighted by Gasteiger charge is -2.15. The molecule has 0 unspecified atom stereocenters. The molecule has 0 aliphatic heterocycles. The molecule has 0 radical (unpaired) electrons. The van der Waals surface area contributed by atoms with E-state index >= 15 is 0 Å². The molecule has 9 heteroatoms. The Labute approximate surface area is 114 Å². The van der Waals surface area contributed by atoms with Crippen molar-refractivity contribution >= 4 is 16.0 Å². The highest BCUT2D eigenvalue weighted by Gasteiger charge is 2.28. The van der Waals surface area contributed by atoms with Crippen molar-refractivity contribution in [2.45, 2.75) is 24.3 Å². The standard InChI is InChI=1S/C11H13F2NO5S/c1-2-6(5-15)14-20(18,19)8-4-3-7(12)9(10(8)13)11(16)17/h3-4,6,14-15H,2,5H2,1H3,(H,16,17)/t6-/m0/s1. The number of hydrogen-bond acceptors (Lipinski definition) is 4. The zero-order valence-electron chi connectivity index (χ0n) is 10.4. The summed E-state index contributed by atoms with van der Waals surface area (Å²) in [6.45, 7) is 1.08. The number of hydrogen-bond donors (Lipinski definition) is 3. The van der Waals surface area contributed by atoms with Crippen molar-refractivity contribution in [3.05, 3.63) is 29.3 Å². The van der Waals surface area contributed by atoms with E-state index in [1.807, 2.05) is 4.72 Å². The van der Waals surface area contributed by atoms with Gasteiger partial charge >= 0.3 is 5.97 Å². The lowest BCUT2D eigenvalue weighted by molar-refractivity contribution is 0.0685. The molecule has 0 heterocycles. The molecule has 6 nitrogen and oxygen atoms in total. The number of rotatable bonds is 6. The van der Waals surface area contributed by atoms with Crippen molar-refractivity contribution in [2.75, 3.05) is 6.61 Å². The first-order valence-corrected chi connectivity index (χ1v) is 7.07. The van der Waals surface area contributed by atoms with Crippen LogP contribution in [0.1, 0.15) is 23.7 Å². The number of sulfonamides is 1. The summed E-state index contributed by atoms with van der Waals surface area (Å²) in [5.41, 5.74) is -1.34. The van der Waals surface area contributed by atoms with Gasteiger partial charge in [-0.15, -0.1) is 0 Å². The van der Waals surface area contributed by atoms with Crippen molar-refractivity contribution in [1.29, 1.82) is 0 Å². The molecule has 0 aliphatic rings. The fraction of sp³-hybridized carbons (Fsp3) is 0.364. The quantitative estimate of drug-likeness (QED) is 0.718. The third-order valence-electron chi connectivity index (χ3n) is 2.59. The maximum atomic E-state index is 13.8. The van der Waals surface area contributed by atoms with Crippen molar-refractivity contribution in [1.82, 2.24) is 4.72 Å². The number of nitrogens with one attached hydrogen (secondary N) is 1. The number of benzene rings is 1. The molecule has 0 bridgehead atoms. The zero-order chi connectivity index (χ0) is 15.5. The summed E-state index contributed by atoms with van der Waals surface area (Å²) in [6, 6.07) is 0.336. The fourth-order valence-corrected chi connectivity index (χ4v) is 2.86. The van der Waals surface area contributed by atoms with Crippen LogP contribution in [0.4, 0.5) is 8.78 Å². The van der Waals surface area contributed by atoms with Crippen LogP contribution in [0.2, 0.25) is 0 Å². The number of aliphatic hydroxyl groups is 1. The average molecular weight is 309 g/mol. The molecule has 0 saturated carbocycles. The van der Waals surface area contributed by atoms with Gasteiger partial charge in [0.1, 0.15) is 16.3 Å². The Balaban J connectivity index is 3.33. The number of aromatic carboxylic acids is 1. The summed E-state index contributed by atoms with van der Waals surface area (Å²) in [5, 5.41) is 17.6. The summed E-state index contributed by atoms with van der Waals surface area (Å²) >= 11 is 0. The molecule has 0 aliphatic carbocycles. The second kappa shape index (κ2) is 6.25. The van der Waals surface area contributed by atoms with E-state index in [4.69, 9.17) is 10.2 Å². The second-order valence-electron chi connectivity index (χ2n) is 3.95. The summed E-state index contributed by atoms with van der Waals surface area (Å²) < 4.78 is 52.8. The first kappa shape index (κ1) is 16.5. The van der Waals surface area contributed by atoms with Crippen molar-refractivity contribution < 1.29 is 32.2 Å². The first-order chi connectivity index (χ1) is 9.24. The van der Waals surface area contributed by atoms with Gasteiger partial charge in [0.2, 0.25) is 10.0 Å². The molecule has 1 rings (SSSR count). The molecule has 0 spiro atoms. The second-order valence-corrected chi connectivity index (χ2v) is 5.63. The predicted molar refractivity (Wildman–Crippen MR) is 64.8 cm³/mol. The topological polar surface area (TPSA) is 104 Å². The van der Waals surface area contributed by atoms with E-state index in [2.05, 4.69) is 0 Å². The minimum Gasteiger partial charge on any atom is -0.477 e. The Morgan fingerprint density at radius 3 is 2.45 bits per heavy atom. The Morgan fingerprint density at radius 2 is 2.00 bits per heavy atom. The van der Waals surface area contributed by atoms with Crippen LogP contribution in [0.5, 0.6) is 0 Å². The largest absolute Gasteiger partial charge is 0.477 e. The van der Waals surface area contributed by atoms with E-state index in [1.165, 1.54) is 0 Å². The van der Waals surface area contributed by atoms with Gasteiger partial charge in [-0.2, -0.15) is 0 Å². The zero-order valence-corrected chi connectivity index (χ0v) is 11.2. The number of aliphatic hydroxyl groups excluding tert-OH is 1. The highest BCUT2D eigenvalue weighted by atomic mass is 32.2. The highest BCUT2D eigenvalue weighted by molar-refractivity contribution is 7.89. The molecule has 1 aromatic carbocycles. The van der Waals surface area contributed by atoms with Gasteiger partial charge in [0.15, 0.2) is 5.82 Å². The molecule has 0 saturated heterocycles. The third-order valence-corrected chi connectivity index (χ3v) is 4.13. The summed E-state index contributed by atoms with van der Waals surface area (Å²) in [6.07, 6.45) is 0.240. The van der Waals surface area contributed by atoms with Crippen molar-refractivity contribution in [3.8, 4) is 0 Å². The van der Waals surface area contributed by atoms with E-state index in [1.54, 1.807) is 6.92 Å². The third kappa shape index (κ3) is 3.30. The highest BCUT2D eigenvalue weighted by Crippen LogP contribution is 2.21. The summed E-state index contributed by atoms with van der Waals surface area (Å²) in [4.78, 5) is 9.74. The predicted octanol–water partition coefficient (Wildman–Crippen LogP) is 0.712. The van der Waals surface area contributed by atoms with E-state index < -0.39 is 50.7 Å².